The van der Waals surface area contributed by atoms with Gasteiger partial charge in [-0.15, -0.1) is 0 Å². The van der Waals surface area contributed by atoms with Gasteiger partial charge in [-0.2, -0.15) is 0 Å². The Labute approximate surface area is 36.9 Å². The summed E-state index contributed by atoms with van der Waals surface area (Å²) in [4.78, 5) is 3.49. The fourth-order valence-corrected chi connectivity index (χ4v) is 0.167. The van der Waals surface area contributed by atoms with Gasteiger partial charge >= 0.3 is 0 Å². The summed E-state index contributed by atoms with van der Waals surface area (Å²) < 4.78 is 0. The molecule has 0 aliphatic heterocycles. The van der Waals surface area contributed by atoms with E-state index in [0.29, 0.717) is 0 Å². The molecule has 0 heterocycles. The van der Waals surface area contributed by atoms with Crippen LogP contribution in [0.5, 0.6) is 0 Å². The largest absolute Gasteiger partial charge is 0.288 e. The minimum Gasteiger partial charge on any atom is -0.288 e. The van der Waals surface area contributed by atoms with Crippen molar-refractivity contribution in [3.8, 4) is 0 Å². The van der Waals surface area contributed by atoms with Gasteiger partial charge in [0.25, 0.3) is 0 Å². The van der Waals surface area contributed by atoms with E-state index in [4.69, 9.17) is 5.21 Å². The van der Waals surface area contributed by atoms with Crippen LogP contribution < -0.4 is 0 Å². The molecule has 0 aliphatic carbocycles. The predicted octanol–water partition coefficient (Wildman–Crippen LogP) is -0.0345. The standard InChI is InChI=1S/C3H8N2O/c1-4-3-5(2)6/h3,6H,1-2H3. The van der Waals surface area contributed by atoms with Crippen LogP contribution in [0.4, 0.5) is 0 Å². The van der Waals surface area contributed by atoms with Crippen molar-refractivity contribution >= 4 is 6.34 Å². The smallest absolute Gasteiger partial charge is 0.109 e. The van der Waals surface area contributed by atoms with Crippen molar-refractivity contribution < 1.29 is 5.21 Å². The summed E-state index contributed by atoms with van der Waals surface area (Å²) in [6.07, 6.45) is 1.31. The average molecular weight is 88.1 g/mol. The molecule has 0 fully saturated rings. The first-order chi connectivity index (χ1) is 2.77. The minimum absolute atomic E-state index is 0.889. The SMILES string of the molecule is CN=CN(C)O. The Morgan fingerprint density at radius 1 is 1.83 bits per heavy atom. The van der Waals surface area contributed by atoms with E-state index in [1.165, 1.54) is 13.4 Å². The van der Waals surface area contributed by atoms with Crippen LogP contribution >= 0.6 is 0 Å². The number of nitrogens with zero attached hydrogens (tertiary/aromatic N) is 2. The summed E-state index contributed by atoms with van der Waals surface area (Å²) in [5.41, 5.74) is 0. The molecular weight excluding hydrogens is 80.0 g/mol. The van der Waals surface area contributed by atoms with Crippen LogP contribution in [0.1, 0.15) is 0 Å². The molecule has 0 saturated carbocycles. The molecule has 0 aromatic carbocycles. The van der Waals surface area contributed by atoms with E-state index in [9.17, 15) is 0 Å². The van der Waals surface area contributed by atoms with Gasteiger partial charge in [-0.3, -0.25) is 10.2 Å². The predicted molar refractivity (Wildman–Crippen MR) is 24.0 cm³/mol. The lowest BCUT2D eigenvalue weighted by molar-refractivity contribution is 0.0199. The molecule has 0 saturated heterocycles. The summed E-state index contributed by atoms with van der Waals surface area (Å²) in [5.74, 6) is 0. The normalized spacial score (nSPS) is 9.83. The zero-order valence-corrected chi connectivity index (χ0v) is 3.92. The number of hydrogen-bond donors (Lipinski definition) is 1. The molecule has 0 rings (SSSR count). The summed E-state index contributed by atoms with van der Waals surface area (Å²) in [5, 5.41) is 9.13. The Morgan fingerprint density at radius 2 is 2.33 bits per heavy atom. The van der Waals surface area contributed by atoms with Crippen LogP contribution in [0, 0.1) is 0 Å². The topological polar surface area (TPSA) is 35.8 Å². The molecule has 0 atom stereocenters. The Morgan fingerprint density at radius 3 is 2.33 bits per heavy atom. The molecule has 0 aliphatic rings. The van der Waals surface area contributed by atoms with Crippen molar-refractivity contribution in [2.45, 2.75) is 0 Å². The lowest BCUT2D eigenvalue weighted by Gasteiger charge is -1.96. The molecule has 0 spiro atoms. The van der Waals surface area contributed by atoms with Crippen LogP contribution in [0.25, 0.3) is 0 Å². The first-order valence-corrected chi connectivity index (χ1v) is 1.61. The third-order valence-corrected chi connectivity index (χ3v) is 0.283. The number of aliphatic imine (C=N–C) groups is 1. The van der Waals surface area contributed by atoms with Crippen molar-refractivity contribution in [3.63, 3.8) is 0 Å². The van der Waals surface area contributed by atoms with Crippen LogP contribution in [-0.2, 0) is 0 Å². The molecule has 3 heteroatoms. The highest BCUT2D eigenvalue weighted by Crippen LogP contribution is 1.58. The van der Waals surface area contributed by atoms with Crippen molar-refractivity contribution in [3.05, 3.63) is 0 Å². The summed E-state index contributed by atoms with van der Waals surface area (Å²) in [6.45, 7) is 0. The van der Waals surface area contributed by atoms with E-state index < -0.39 is 0 Å². The summed E-state index contributed by atoms with van der Waals surface area (Å²) in [7, 11) is 3.08. The van der Waals surface area contributed by atoms with Gasteiger partial charge in [0.15, 0.2) is 0 Å². The van der Waals surface area contributed by atoms with Crippen molar-refractivity contribution in [1.82, 2.24) is 5.06 Å². The van der Waals surface area contributed by atoms with Crippen LogP contribution in [0.2, 0.25) is 0 Å². The second-order valence-corrected chi connectivity index (χ2v) is 0.947. The van der Waals surface area contributed by atoms with E-state index in [2.05, 4.69) is 4.99 Å². The van der Waals surface area contributed by atoms with E-state index in [1.54, 1.807) is 7.05 Å². The molecule has 0 aromatic heterocycles. The zero-order chi connectivity index (χ0) is 4.99. The first kappa shape index (κ1) is 5.43. The van der Waals surface area contributed by atoms with Gasteiger partial charge in [0.2, 0.25) is 0 Å². The van der Waals surface area contributed by atoms with Crippen molar-refractivity contribution in [1.29, 1.82) is 0 Å². The van der Waals surface area contributed by atoms with Gasteiger partial charge in [-0.1, -0.05) is 0 Å². The molecule has 1 N–H and O–H groups in total. The zero-order valence-electron chi connectivity index (χ0n) is 3.92. The van der Waals surface area contributed by atoms with E-state index in [1.807, 2.05) is 0 Å². The monoisotopic (exact) mass is 88.1 g/mol. The minimum atomic E-state index is 0.889. The highest BCUT2D eigenvalue weighted by atomic mass is 16.5. The Balaban J connectivity index is 3.03. The van der Waals surface area contributed by atoms with Gasteiger partial charge in [-0.25, -0.2) is 5.06 Å². The van der Waals surface area contributed by atoms with E-state index >= 15 is 0 Å². The molecule has 0 amide bonds. The van der Waals surface area contributed by atoms with E-state index in [-0.39, 0.29) is 0 Å². The second-order valence-electron chi connectivity index (χ2n) is 0.947. The second kappa shape index (κ2) is 2.66. The number of rotatable bonds is 1. The maximum absolute atomic E-state index is 8.24. The summed E-state index contributed by atoms with van der Waals surface area (Å²) >= 11 is 0. The highest BCUT2D eigenvalue weighted by Gasteiger charge is 1.69. The molecule has 0 unspecified atom stereocenters. The molecular formula is C3H8N2O. The van der Waals surface area contributed by atoms with Gasteiger partial charge in [-0.05, 0) is 0 Å². The maximum atomic E-state index is 8.24. The van der Waals surface area contributed by atoms with Crippen molar-refractivity contribution in [2.24, 2.45) is 4.99 Å². The third kappa shape index (κ3) is 3.43. The molecule has 36 valence electrons. The fraction of sp³-hybridized carbons (Fsp3) is 0.667. The lowest BCUT2D eigenvalue weighted by Crippen LogP contribution is -2.07. The van der Waals surface area contributed by atoms with E-state index in [0.717, 1.165) is 5.06 Å². The average Bonchev–Trinajstić information content (AvgIpc) is 1.35. The number of hydrogen-bond acceptors (Lipinski definition) is 2. The Kier molecular flexibility index (Phi) is 2.40. The van der Waals surface area contributed by atoms with Crippen molar-refractivity contribution in [2.75, 3.05) is 14.1 Å². The molecule has 6 heavy (non-hydrogen) atoms. The Bertz CT molecular complexity index is 50.8. The van der Waals surface area contributed by atoms with Crippen LogP contribution in [-0.4, -0.2) is 30.7 Å². The fourth-order valence-electron chi connectivity index (χ4n) is 0.167. The van der Waals surface area contributed by atoms with Gasteiger partial charge in [0, 0.05) is 14.1 Å². The maximum Gasteiger partial charge on any atom is 0.109 e. The Hall–Kier alpha value is -0.570. The molecule has 0 bridgehead atoms. The highest BCUT2D eigenvalue weighted by molar-refractivity contribution is 5.51. The summed E-state index contributed by atoms with van der Waals surface area (Å²) in [6, 6.07) is 0. The molecule has 0 aromatic rings. The first-order valence-electron chi connectivity index (χ1n) is 1.61. The lowest BCUT2D eigenvalue weighted by atomic mass is 11.1. The molecule has 3 nitrogen and oxygen atoms in total. The van der Waals surface area contributed by atoms with Gasteiger partial charge < -0.3 is 0 Å². The van der Waals surface area contributed by atoms with Crippen LogP contribution in [0.15, 0.2) is 4.99 Å². The van der Waals surface area contributed by atoms with Gasteiger partial charge in [0.1, 0.15) is 6.34 Å². The molecule has 0 radical (unpaired) electrons. The van der Waals surface area contributed by atoms with Crippen LogP contribution in [0.3, 0.4) is 0 Å². The quantitative estimate of drug-likeness (QED) is 0.277. The third-order valence-electron chi connectivity index (χ3n) is 0.283. The van der Waals surface area contributed by atoms with Gasteiger partial charge in [0.05, 0.1) is 0 Å². The number of hydroxylamine groups is 2.